The van der Waals surface area contributed by atoms with Crippen LogP contribution in [0.2, 0.25) is 0 Å². The van der Waals surface area contributed by atoms with Crippen LogP contribution in [-0.4, -0.2) is 15.4 Å². The minimum absolute atomic E-state index is 0.0790. The first kappa shape index (κ1) is 20.2. The van der Waals surface area contributed by atoms with Gasteiger partial charge in [0.25, 0.3) is 5.56 Å². The Morgan fingerprint density at radius 2 is 2.07 bits per heavy atom. The minimum Gasteiger partial charge on any atom is -0.289 e. The third-order valence-corrected chi connectivity index (χ3v) is 5.35. The van der Waals surface area contributed by atoms with E-state index in [1.165, 1.54) is 18.1 Å². The Kier molecular flexibility index (Phi) is 5.67. The van der Waals surface area contributed by atoms with Crippen molar-refractivity contribution < 1.29 is 13.2 Å². The van der Waals surface area contributed by atoms with Gasteiger partial charge >= 0.3 is 6.18 Å². The van der Waals surface area contributed by atoms with E-state index in [-0.39, 0.29) is 15.4 Å². The van der Waals surface area contributed by atoms with Crippen LogP contribution in [0.15, 0.2) is 50.8 Å². The Morgan fingerprint density at radius 3 is 2.71 bits per heavy atom. The van der Waals surface area contributed by atoms with E-state index >= 15 is 0 Å². The summed E-state index contributed by atoms with van der Waals surface area (Å²) in [6.07, 6.45) is -3.40. The van der Waals surface area contributed by atoms with E-state index in [1.54, 1.807) is 18.2 Å². The lowest BCUT2D eigenvalue weighted by Gasteiger charge is -2.15. The van der Waals surface area contributed by atoms with E-state index in [4.69, 9.17) is 5.26 Å². The van der Waals surface area contributed by atoms with Crippen molar-refractivity contribution in [2.24, 2.45) is 0 Å². The number of benzene rings is 2. The zero-order chi connectivity index (χ0) is 20.5. The monoisotopic (exact) mass is 468 g/mol. The van der Waals surface area contributed by atoms with Crippen molar-refractivity contribution in [2.75, 3.05) is 11.2 Å². The number of fused-ring (bicyclic) bond motifs is 1. The molecule has 1 N–H and O–H groups in total. The first-order chi connectivity index (χ1) is 13.2. The number of halogens is 4. The van der Waals surface area contributed by atoms with Crippen molar-refractivity contribution in [2.45, 2.75) is 18.0 Å². The fraction of sp³-hybridized carbons (Fsp3) is 0.167. The highest BCUT2D eigenvalue weighted by atomic mass is 79.9. The van der Waals surface area contributed by atoms with E-state index in [0.29, 0.717) is 11.3 Å². The van der Waals surface area contributed by atoms with Crippen LogP contribution in [0.4, 0.5) is 18.9 Å². The topological polar surface area (TPSA) is 70.7 Å². The normalized spacial score (nSPS) is 11.4. The van der Waals surface area contributed by atoms with E-state index in [0.717, 1.165) is 27.5 Å². The molecule has 3 aromatic rings. The maximum Gasteiger partial charge on any atom is 0.416 e. The molecule has 0 aliphatic rings. The molecule has 0 amide bonds. The average molecular weight is 469 g/mol. The van der Waals surface area contributed by atoms with Crippen molar-refractivity contribution in [1.82, 2.24) is 9.66 Å². The molecule has 0 saturated carbocycles. The van der Waals surface area contributed by atoms with Crippen LogP contribution in [0.5, 0.6) is 0 Å². The van der Waals surface area contributed by atoms with E-state index < -0.39 is 17.3 Å². The standard InChI is InChI=1S/C18H12BrF3N4OS/c1-2-28-15-4-3-10(8-23)5-14(15)25-26-9-24-16-12(17(26)27)6-11(7-13(16)19)18(20,21)22/h3-7,9,25H,2H2,1H3. The van der Waals surface area contributed by atoms with Gasteiger partial charge in [-0.3, -0.25) is 10.2 Å². The summed E-state index contributed by atoms with van der Waals surface area (Å²) in [5, 5.41) is 8.92. The van der Waals surface area contributed by atoms with E-state index in [2.05, 4.69) is 26.3 Å². The Balaban J connectivity index is 2.14. The number of nitriles is 1. The molecule has 0 fully saturated rings. The molecule has 0 atom stereocenters. The van der Waals surface area contributed by atoms with Crippen molar-refractivity contribution in [1.29, 1.82) is 5.26 Å². The highest BCUT2D eigenvalue weighted by molar-refractivity contribution is 9.10. The number of aromatic nitrogens is 2. The van der Waals surface area contributed by atoms with Gasteiger partial charge in [0.05, 0.1) is 33.8 Å². The lowest BCUT2D eigenvalue weighted by molar-refractivity contribution is -0.137. The maximum atomic E-state index is 13.1. The Morgan fingerprint density at radius 1 is 1.32 bits per heavy atom. The number of anilines is 1. The molecule has 0 radical (unpaired) electrons. The molecule has 0 unspecified atom stereocenters. The largest absolute Gasteiger partial charge is 0.416 e. The fourth-order valence-corrected chi connectivity index (χ4v) is 3.83. The number of rotatable bonds is 4. The van der Waals surface area contributed by atoms with Crippen LogP contribution in [-0.2, 0) is 6.18 Å². The van der Waals surface area contributed by atoms with Gasteiger partial charge in [-0.1, -0.05) is 6.92 Å². The van der Waals surface area contributed by atoms with Gasteiger partial charge in [0, 0.05) is 9.37 Å². The van der Waals surface area contributed by atoms with Crippen molar-refractivity contribution >= 4 is 44.3 Å². The van der Waals surface area contributed by atoms with Gasteiger partial charge in [-0.25, -0.2) is 9.66 Å². The SMILES string of the molecule is CCSc1ccc(C#N)cc1Nn1cnc2c(Br)cc(C(F)(F)F)cc2c1=O. The smallest absolute Gasteiger partial charge is 0.289 e. The summed E-state index contributed by atoms with van der Waals surface area (Å²) >= 11 is 4.54. The molecule has 1 aromatic heterocycles. The minimum atomic E-state index is -4.59. The maximum absolute atomic E-state index is 13.1. The zero-order valence-electron chi connectivity index (χ0n) is 14.3. The number of alkyl halides is 3. The van der Waals surface area contributed by atoms with Crippen molar-refractivity contribution in [3.8, 4) is 6.07 Å². The highest BCUT2D eigenvalue weighted by Gasteiger charge is 2.31. The predicted molar refractivity (Wildman–Crippen MR) is 105 cm³/mol. The lowest BCUT2D eigenvalue weighted by Crippen LogP contribution is -2.27. The van der Waals surface area contributed by atoms with Gasteiger partial charge in [0.2, 0.25) is 0 Å². The number of thioether (sulfide) groups is 1. The van der Waals surface area contributed by atoms with Gasteiger partial charge in [-0.15, -0.1) is 11.8 Å². The summed E-state index contributed by atoms with van der Waals surface area (Å²) in [5.74, 6) is 0.757. The van der Waals surface area contributed by atoms with E-state index in [1.807, 2.05) is 13.0 Å². The number of nitrogens with one attached hydrogen (secondary N) is 1. The van der Waals surface area contributed by atoms with Gasteiger partial charge in [0.15, 0.2) is 0 Å². The summed E-state index contributed by atoms with van der Waals surface area (Å²) in [6.45, 7) is 1.95. The molecule has 0 bridgehead atoms. The Bertz CT molecular complexity index is 1150. The van der Waals surface area contributed by atoms with Crippen molar-refractivity contribution in [3.05, 3.63) is 62.6 Å². The first-order valence-electron chi connectivity index (χ1n) is 7.96. The van der Waals surface area contributed by atoms with Crippen LogP contribution in [0.1, 0.15) is 18.1 Å². The van der Waals surface area contributed by atoms with Gasteiger partial charge in [-0.2, -0.15) is 18.4 Å². The number of hydrogen-bond donors (Lipinski definition) is 1. The summed E-state index contributed by atoms with van der Waals surface area (Å²) < 4.78 is 40.4. The highest BCUT2D eigenvalue weighted by Crippen LogP contribution is 2.34. The molecule has 0 saturated heterocycles. The third kappa shape index (κ3) is 4.00. The lowest BCUT2D eigenvalue weighted by atomic mass is 10.1. The van der Waals surface area contributed by atoms with Crippen molar-refractivity contribution in [3.63, 3.8) is 0 Å². The Hall–Kier alpha value is -2.51. The molecule has 0 spiro atoms. The molecular formula is C18H12BrF3N4OS. The average Bonchev–Trinajstić information content (AvgIpc) is 2.65. The Labute approximate surface area is 170 Å². The van der Waals surface area contributed by atoms with Gasteiger partial charge < -0.3 is 0 Å². The van der Waals surface area contributed by atoms with Crippen LogP contribution in [0.3, 0.4) is 0 Å². The molecule has 0 aliphatic heterocycles. The quantitative estimate of drug-likeness (QED) is 0.543. The summed E-state index contributed by atoms with van der Waals surface area (Å²) in [6, 6.07) is 8.64. The zero-order valence-corrected chi connectivity index (χ0v) is 16.7. The second-order valence-corrected chi connectivity index (χ2v) is 7.80. The number of nitrogens with zero attached hydrogens (tertiary/aromatic N) is 3. The van der Waals surface area contributed by atoms with E-state index in [9.17, 15) is 18.0 Å². The second-order valence-electron chi connectivity index (χ2n) is 5.64. The molecule has 10 heteroatoms. The molecule has 5 nitrogen and oxygen atoms in total. The van der Waals surface area contributed by atoms with Crippen LogP contribution < -0.4 is 11.0 Å². The fourth-order valence-electron chi connectivity index (χ4n) is 2.53. The summed E-state index contributed by atoms with van der Waals surface area (Å²) in [4.78, 5) is 17.7. The van der Waals surface area contributed by atoms with Gasteiger partial charge in [0.1, 0.15) is 6.33 Å². The third-order valence-electron chi connectivity index (χ3n) is 3.79. The second kappa shape index (κ2) is 7.85. The summed E-state index contributed by atoms with van der Waals surface area (Å²) in [5.41, 5.74) is 2.21. The van der Waals surface area contributed by atoms with Crippen LogP contribution >= 0.6 is 27.7 Å². The molecule has 144 valence electrons. The van der Waals surface area contributed by atoms with Crippen LogP contribution in [0.25, 0.3) is 10.9 Å². The number of hydrogen-bond acceptors (Lipinski definition) is 5. The van der Waals surface area contributed by atoms with Crippen LogP contribution in [0, 0.1) is 11.3 Å². The van der Waals surface area contributed by atoms with Gasteiger partial charge in [-0.05, 0) is 52.0 Å². The first-order valence-corrected chi connectivity index (χ1v) is 9.74. The predicted octanol–water partition coefficient (Wildman–Crippen LogP) is 5.04. The molecule has 3 rings (SSSR count). The molecule has 1 heterocycles. The molecule has 2 aromatic carbocycles. The molecular weight excluding hydrogens is 457 g/mol. The molecule has 0 aliphatic carbocycles. The summed E-state index contributed by atoms with van der Waals surface area (Å²) in [7, 11) is 0. The molecule has 28 heavy (non-hydrogen) atoms.